The van der Waals surface area contributed by atoms with Crippen molar-refractivity contribution in [2.75, 3.05) is 0 Å². The van der Waals surface area contributed by atoms with Crippen LogP contribution >= 0.6 is 0 Å². The molecule has 5 aromatic rings. The summed E-state index contributed by atoms with van der Waals surface area (Å²) < 4.78 is 0. The number of aromatic nitrogens is 2. The number of aliphatic hydroxyl groups excluding tert-OH is 1. The van der Waals surface area contributed by atoms with Crippen LogP contribution in [-0.4, -0.2) is 20.9 Å². The monoisotopic (exact) mass is 847 g/mol. The summed E-state index contributed by atoms with van der Waals surface area (Å²) in [6, 6.07) is 24.8. The smallest absolute Gasteiger partial charge is 0.239 e. The fraction of sp³-hybridized carbons (Fsp3) is 0.409. The molecule has 50 heavy (non-hydrogen) atoms. The summed E-state index contributed by atoms with van der Waals surface area (Å²) in [6.45, 7) is 26.6. The number of benzene rings is 4. The Morgan fingerprint density at radius 2 is 1.50 bits per heavy atom. The number of hydrogen-bond donors (Lipinski definition) is 1. The van der Waals surface area contributed by atoms with E-state index in [1.165, 1.54) is 17.0 Å². The Bertz CT molecular complexity index is 2010. The SMILES string of the molecule is CCC(CC)C(=O)/C=C(\O)C(CC)CC.[C-]#[N+]C(C)(C)c1cc(-c2ncnc3c2ccc2cc(CC(C)(C)C)ccc23)[c-]c2ccccc12.[Ir]. The van der Waals surface area contributed by atoms with Crippen LogP contribution in [-0.2, 0) is 36.9 Å². The van der Waals surface area contributed by atoms with Crippen molar-refractivity contribution >= 4 is 38.2 Å². The molecular weight excluding hydrogens is 795 g/mol. The van der Waals surface area contributed by atoms with Gasteiger partial charge in [-0.15, -0.1) is 23.6 Å². The summed E-state index contributed by atoms with van der Waals surface area (Å²) in [7, 11) is 0. The summed E-state index contributed by atoms with van der Waals surface area (Å²) in [4.78, 5) is 25.0. The number of nitrogens with zero attached hydrogens (tertiary/aromatic N) is 3. The first-order chi connectivity index (χ1) is 23.3. The fourth-order valence-electron chi connectivity index (χ4n) is 6.55. The number of allylic oxidation sites excluding steroid dienone is 2. The van der Waals surface area contributed by atoms with Gasteiger partial charge in [0.1, 0.15) is 6.33 Å². The maximum atomic E-state index is 11.7. The maximum Gasteiger partial charge on any atom is 0.239 e. The molecule has 0 amide bonds. The molecule has 1 N–H and O–H groups in total. The molecule has 0 aliphatic rings. The van der Waals surface area contributed by atoms with Crippen molar-refractivity contribution in [1.29, 1.82) is 0 Å². The molecule has 0 saturated heterocycles. The van der Waals surface area contributed by atoms with Crippen LogP contribution in [0.4, 0.5) is 0 Å². The van der Waals surface area contributed by atoms with Crippen LogP contribution in [0.15, 0.2) is 78.8 Å². The minimum Gasteiger partial charge on any atom is -0.512 e. The minimum atomic E-state index is -0.650. The Labute approximate surface area is 312 Å². The largest absolute Gasteiger partial charge is 0.512 e. The van der Waals surface area contributed by atoms with Crippen LogP contribution in [0.3, 0.4) is 0 Å². The zero-order valence-corrected chi connectivity index (χ0v) is 33.5. The van der Waals surface area contributed by atoms with Crippen LogP contribution in [0.1, 0.15) is 99.1 Å². The van der Waals surface area contributed by atoms with Gasteiger partial charge in [-0.05, 0) is 59.4 Å². The number of carbonyl (C=O) groups is 1. The Balaban J connectivity index is 0.000000361. The van der Waals surface area contributed by atoms with Gasteiger partial charge in [0.05, 0.1) is 11.3 Å². The first-order valence-electron chi connectivity index (χ1n) is 17.7. The van der Waals surface area contributed by atoms with Crippen LogP contribution < -0.4 is 0 Å². The predicted molar refractivity (Wildman–Crippen MR) is 205 cm³/mol. The molecule has 0 bridgehead atoms. The van der Waals surface area contributed by atoms with Crippen LogP contribution in [0.5, 0.6) is 0 Å². The maximum absolute atomic E-state index is 11.7. The van der Waals surface area contributed by atoms with Crippen molar-refractivity contribution in [3.63, 3.8) is 0 Å². The Kier molecular flexibility index (Phi) is 14.1. The van der Waals surface area contributed by atoms with Crippen LogP contribution in [0, 0.1) is 29.9 Å². The Morgan fingerprint density at radius 1 is 0.860 bits per heavy atom. The predicted octanol–water partition coefficient (Wildman–Crippen LogP) is 12.0. The van der Waals surface area contributed by atoms with Gasteiger partial charge in [0, 0.05) is 62.9 Å². The molecule has 6 heteroatoms. The van der Waals surface area contributed by atoms with E-state index in [0.717, 1.165) is 76.0 Å². The molecule has 4 aromatic carbocycles. The molecule has 1 heterocycles. The molecule has 0 unspecified atom stereocenters. The number of fused-ring (bicyclic) bond motifs is 4. The van der Waals surface area contributed by atoms with Crippen molar-refractivity contribution in [3.05, 3.63) is 107 Å². The molecule has 1 aromatic heterocycles. The summed E-state index contributed by atoms with van der Waals surface area (Å²) in [5.41, 5.74) is 4.59. The van der Waals surface area contributed by atoms with Crippen LogP contribution in [0.2, 0.25) is 0 Å². The second kappa shape index (κ2) is 17.3. The van der Waals surface area contributed by atoms with E-state index in [9.17, 15) is 9.90 Å². The summed E-state index contributed by atoms with van der Waals surface area (Å²) in [5, 5.41) is 15.1. The molecule has 0 fully saturated rings. The minimum absolute atomic E-state index is 0. The average molecular weight is 847 g/mol. The molecule has 1 radical (unpaired) electrons. The quantitative estimate of drug-likeness (QED) is 0.0658. The zero-order valence-electron chi connectivity index (χ0n) is 31.1. The normalized spacial score (nSPS) is 12.2. The van der Waals surface area contributed by atoms with E-state index < -0.39 is 5.54 Å². The van der Waals surface area contributed by atoms with Gasteiger partial charge in [-0.1, -0.05) is 108 Å². The van der Waals surface area contributed by atoms with Gasteiger partial charge < -0.3 is 9.95 Å². The second-order valence-electron chi connectivity index (χ2n) is 14.8. The Morgan fingerprint density at radius 3 is 2.12 bits per heavy atom. The summed E-state index contributed by atoms with van der Waals surface area (Å²) in [6.07, 6.45) is 7.58. The number of ketones is 1. The zero-order chi connectivity index (χ0) is 35.9. The van der Waals surface area contributed by atoms with Gasteiger partial charge in [-0.2, -0.15) is 0 Å². The third-order valence-corrected chi connectivity index (χ3v) is 9.47. The first kappa shape index (κ1) is 40.5. The van der Waals surface area contributed by atoms with E-state index in [-0.39, 0.29) is 48.9 Å². The van der Waals surface area contributed by atoms with Gasteiger partial charge in [0.15, 0.2) is 5.78 Å². The number of carbonyl (C=O) groups excluding carboxylic acids is 1. The molecule has 0 saturated carbocycles. The molecular formula is C44H52IrN3O2-. The van der Waals surface area contributed by atoms with Gasteiger partial charge in [0.2, 0.25) is 5.54 Å². The van der Waals surface area contributed by atoms with Crippen molar-refractivity contribution in [3.8, 4) is 11.3 Å². The van der Waals surface area contributed by atoms with Crippen molar-refractivity contribution in [2.45, 2.75) is 100.0 Å². The van der Waals surface area contributed by atoms with E-state index in [0.29, 0.717) is 0 Å². The van der Waals surface area contributed by atoms with E-state index in [1.807, 2.05) is 53.7 Å². The summed E-state index contributed by atoms with van der Waals surface area (Å²) in [5.74, 6) is 0.547. The van der Waals surface area contributed by atoms with E-state index >= 15 is 0 Å². The average Bonchev–Trinajstić information content (AvgIpc) is 3.07. The van der Waals surface area contributed by atoms with E-state index in [2.05, 4.69) is 90.2 Å². The molecule has 0 aliphatic heterocycles. The molecule has 0 aliphatic carbocycles. The topological polar surface area (TPSA) is 67.4 Å². The molecule has 265 valence electrons. The first-order valence-corrected chi connectivity index (χ1v) is 17.7. The van der Waals surface area contributed by atoms with Crippen LogP contribution in [0.25, 0.3) is 48.6 Å². The standard InChI is InChI=1S/C31H28N3.C13H24O2.Ir/c1-30(2,3)18-20-11-13-25-22(15-20)12-14-26-28(33-19-34-29(25)26)23-16-21-9-7-8-10-24(21)27(17-23)31(4,5)32-6;1-5-10(6-2)12(14)9-13(15)11(7-3)8-4;/h7-15,17,19H,18H2,1-5H3;9-11,14H,5-8H2,1-4H3;/q-1;;/b;12-9-;. The Hall–Kier alpha value is -3.91. The van der Waals surface area contributed by atoms with E-state index in [4.69, 9.17) is 6.57 Å². The number of aliphatic hydroxyl groups is 1. The van der Waals surface area contributed by atoms with Crippen molar-refractivity contribution in [2.24, 2.45) is 17.3 Å². The molecule has 5 rings (SSSR count). The van der Waals surface area contributed by atoms with Gasteiger partial charge in [-0.3, -0.25) is 9.78 Å². The van der Waals surface area contributed by atoms with Gasteiger partial charge in [0.25, 0.3) is 0 Å². The van der Waals surface area contributed by atoms with Gasteiger partial charge >= 0.3 is 0 Å². The van der Waals surface area contributed by atoms with Crippen molar-refractivity contribution in [1.82, 2.24) is 9.97 Å². The summed E-state index contributed by atoms with van der Waals surface area (Å²) >= 11 is 0. The molecule has 0 atom stereocenters. The number of rotatable bonds is 10. The molecule has 5 nitrogen and oxygen atoms in total. The second-order valence-corrected chi connectivity index (χ2v) is 14.8. The third kappa shape index (κ3) is 9.45. The van der Waals surface area contributed by atoms with E-state index in [1.54, 1.807) is 6.33 Å². The number of hydrogen-bond acceptors (Lipinski definition) is 4. The molecule has 0 spiro atoms. The van der Waals surface area contributed by atoms with Gasteiger partial charge in [-0.25, -0.2) is 11.6 Å². The third-order valence-electron chi connectivity index (χ3n) is 9.47. The fourth-order valence-corrected chi connectivity index (χ4v) is 6.55. The van der Waals surface area contributed by atoms with Crippen molar-refractivity contribution < 1.29 is 30.0 Å².